The molecular formula is C13H10N2OS2. The van der Waals surface area contributed by atoms with Crippen LogP contribution in [0.4, 0.5) is 0 Å². The van der Waals surface area contributed by atoms with Gasteiger partial charge in [-0.1, -0.05) is 0 Å². The Hall–Kier alpha value is -1.59. The summed E-state index contributed by atoms with van der Waals surface area (Å²) in [4.78, 5) is 21.0. The second-order valence-corrected chi connectivity index (χ2v) is 5.96. The minimum absolute atomic E-state index is 0.0708. The van der Waals surface area contributed by atoms with Gasteiger partial charge in [-0.25, -0.2) is 4.98 Å². The van der Waals surface area contributed by atoms with Crippen molar-refractivity contribution in [1.82, 2.24) is 9.97 Å². The fourth-order valence-electron chi connectivity index (χ4n) is 1.81. The number of aryl methyl sites for hydroxylation is 1. The monoisotopic (exact) mass is 274 g/mol. The van der Waals surface area contributed by atoms with Gasteiger partial charge in [0, 0.05) is 18.7 Å². The number of pyridine rings is 1. The number of nitrogens with zero attached hydrogens (tertiary/aromatic N) is 2. The van der Waals surface area contributed by atoms with Crippen LogP contribution in [0.5, 0.6) is 0 Å². The molecule has 0 aliphatic carbocycles. The van der Waals surface area contributed by atoms with Crippen molar-refractivity contribution < 1.29 is 4.79 Å². The number of Topliss-reactive ketones (excluding diaryl/α,β-unsaturated/α-hetero) is 1. The lowest BCUT2D eigenvalue weighted by molar-refractivity contribution is 0.102. The van der Waals surface area contributed by atoms with Gasteiger partial charge < -0.3 is 0 Å². The first kappa shape index (κ1) is 11.5. The molecule has 0 saturated heterocycles. The Kier molecular flexibility index (Phi) is 2.72. The zero-order valence-electron chi connectivity index (χ0n) is 9.93. The zero-order valence-corrected chi connectivity index (χ0v) is 11.6. The molecule has 5 heteroatoms. The molecule has 0 fully saturated rings. The number of aromatic nitrogens is 2. The molecule has 3 heterocycles. The molecule has 3 aromatic heterocycles. The van der Waals surface area contributed by atoms with Crippen LogP contribution in [0.1, 0.15) is 22.3 Å². The number of fused-ring (bicyclic) bond motifs is 1. The Balaban J connectivity index is 2.13. The average Bonchev–Trinajstić information content (AvgIpc) is 2.93. The van der Waals surface area contributed by atoms with Crippen LogP contribution in [-0.4, -0.2) is 15.8 Å². The third kappa shape index (κ3) is 1.85. The number of hydrogen-bond donors (Lipinski definition) is 0. The summed E-state index contributed by atoms with van der Waals surface area (Å²) in [5.41, 5.74) is 2.78. The van der Waals surface area contributed by atoms with Crippen molar-refractivity contribution >= 4 is 38.7 Å². The van der Waals surface area contributed by atoms with Crippen LogP contribution in [0.3, 0.4) is 0 Å². The summed E-state index contributed by atoms with van der Waals surface area (Å²) >= 11 is 3.10. The van der Waals surface area contributed by atoms with E-state index < -0.39 is 0 Å². The molecule has 0 aliphatic rings. The van der Waals surface area contributed by atoms with E-state index in [-0.39, 0.29) is 5.78 Å². The Morgan fingerprint density at radius 1 is 1.39 bits per heavy atom. The number of thiophene rings is 1. The fraction of sp³-hybridized carbons (Fsp3) is 0.154. The molecule has 0 aromatic carbocycles. The predicted octanol–water partition coefficient (Wildman–Crippen LogP) is 3.93. The van der Waals surface area contributed by atoms with E-state index in [1.807, 2.05) is 24.6 Å². The molecule has 0 N–H and O–H groups in total. The molecule has 0 aliphatic heterocycles. The highest BCUT2D eigenvalue weighted by Crippen LogP contribution is 2.30. The standard InChI is InChI=1S/C13H10N2OS2/c1-7-12(8(2)16)18-13(15-7)9-5-11-10(14-6-9)3-4-17-11/h3-6H,1-2H3. The molecule has 3 rings (SSSR count). The second-order valence-electron chi connectivity index (χ2n) is 4.02. The molecule has 0 bridgehead atoms. The number of hydrogen-bond acceptors (Lipinski definition) is 5. The van der Waals surface area contributed by atoms with E-state index in [1.165, 1.54) is 11.3 Å². The Morgan fingerprint density at radius 2 is 2.22 bits per heavy atom. The van der Waals surface area contributed by atoms with Gasteiger partial charge in [0.1, 0.15) is 5.01 Å². The number of ketones is 1. The number of carbonyl (C=O) groups is 1. The van der Waals surface area contributed by atoms with Crippen molar-refractivity contribution in [2.75, 3.05) is 0 Å². The second kappa shape index (κ2) is 4.26. The molecule has 3 nitrogen and oxygen atoms in total. The van der Waals surface area contributed by atoms with E-state index in [1.54, 1.807) is 18.3 Å². The molecule has 0 radical (unpaired) electrons. The zero-order chi connectivity index (χ0) is 12.7. The first-order valence-corrected chi connectivity index (χ1v) is 7.17. The van der Waals surface area contributed by atoms with Crippen LogP contribution in [0, 0.1) is 6.92 Å². The first-order valence-electron chi connectivity index (χ1n) is 5.47. The summed E-state index contributed by atoms with van der Waals surface area (Å²) in [5.74, 6) is 0.0708. The van der Waals surface area contributed by atoms with Crippen LogP contribution >= 0.6 is 22.7 Å². The van der Waals surface area contributed by atoms with Gasteiger partial charge in [0.2, 0.25) is 0 Å². The summed E-state index contributed by atoms with van der Waals surface area (Å²) in [6.45, 7) is 3.44. The average molecular weight is 274 g/mol. The lowest BCUT2D eigenvalue weighted by Crippen LogP contribution is -1.89. The van der Waals surface area contributed by atoms with Gasteiger partial charge in [0.15, 0.2) is 5.78 Å². The Bertz CT molecular complexity index is 742. The summed E-state index contributed by atoms with van der Waals surface area (Å²) in [7, 11) is 0. The molecule has 0 spiro atoms. The minimum Gasteiger partial charge on any atom is -0.294 e. The predicted molar refractivity (Wildman–Crippen MR) is 75.5 cm³/mol. The Morgan fingerprint density at radius 3 is 2.94 bits per heavy atom. The van der Waals surface area contributed by atoms with Crippen molar-refractivity contribution in [1.29, 1.82) is 0 Å². The molecular weight excluding hydrogens is 264 g/mol. The van der Waals surface area contributed by atoms with Gasteiger partial charge in [-0.05, 0) is 24.4 Å². The highest BCUT2D eigenvalue weighted by molar-refractivity contribution is 7.18. The van der Waals surface area contributed by atoms with E-state index in [4.69, 9.17) is 0 Å². The molecule has 0 atom stereocenters. The van der Waals surface area contributed by atoms with Gasteiger partial charge in [-0.3, -0.25) is 9.78 Å². The third-order valence-electron chi connectivity index (χ3n) is 2.67. The van der Waals surface area contributed by atoms with Crippen LogP contribution < -0.4 is 0 Å². The number of carbonyl (C=O) groups excluding carboxylic acids is 1. The van der Waals surface area contributed by atoms with E-state index in [0.717, 1.165) is 31.4 Å². The van der Waals surface area contributed by atoms with Crippen molar-refractivity contribution in [3.05, 3.63) is 34.3 Å². The SMILES string of the molecule is CC(=O)c1sc(-c2cnc3ccsc3c2)nc1C. The molecule has 0 unspecified atom stereocenters. The number of thiazole rings is 1. The number of rotatable bonds is 2. The summed E-state index contributed by atoms with van der Waals surface area (Å²) < 4.78 is 1.14. The van der Waals surface area contributed by atoms with Crippen LogP contribution in [-0.2, 0) is 0 Å². The van der Waals surface area contributed by atoms with E-state index in [0.29, 0.717) is 0 Å². The van der Waals surface area contributed by atoms with Gasteiger partial charge >= 0.3 is 0 Å². The topological polar surface area (TPSA) is 42.9 Å². The van der Waals surface area contributed by atoms with Crippen molar-refractivity contribution in [3.8, 4) is 10.6 Å². The molecule has 18 heavy (non-hydrogen) atoms. The van der Waals surface area contributed by atoms with Gasteiger partial charge in [-0.15, -0.1) is 22.7 Å². The lowest BCUT2D eigenvalue weighted by Gasteiger charge is -1.95. The van der Waals surface area contributed by atoms with Crippen molar-refractivity contribution in [3.63, 3.8) is 0 Å². The normalized spacial score (nSPS) is 11.0. The maximum atomic E-state index is 11.4. The molecule has 90 valence electrons. The van der Waals surface area contributed by atoms with Crippen molar-refractivity contribution in [2.24, 2.45) is 0 Å². The fourth-order valence-corrected chi connectivity index (χ4v) is 3.53. The van der Waals surface area contributed by atoms with Crippen molar-refractivity contribution in [2.45, 2.75) is 13.8 Å². The van der Waals surface area contributed by atoms with E-state index >= 15 is 0 Å². The maximum absolute atomic E-state index is 11.4. The van der Waals surface area contributed by atoms with Gasteiger partial charge in [0.05, 0.1) is 20.8 Å². The maximum Gasteiger partial charge on any atom is 0.171 e. The van der Waals surface area contributed by atoms with E-state index in [2.05, 4.69) is 16.0 Å². The van der Waals surface area contributed by atoms with E-state index in [9.17, 15) is 4.79 Å². The summed E-state index contributed by atoms with van der Waals surface area (Å²) in [6.07, 6.45) is 1.82. The highest BCUT2D eigenvalue weighted by atomic mass is 32.1. The first-order chi connectivity index (χ1) is 8.65. The summed E-state index contributed by atoms with van der Waals surface area (Å²) in [5, 5.41) is 2.88. The quantitative estimate of drug-likeness (QED) is 0.665. The van der Waals surface area contributed by atoms with Gasteiger partial charge in [-0.2, -0.15) is 0 Å². The van der Waals surface area contributed by atoms with Crippen LogP contribution in [0.2, 0.25) is 0 Å². The van der Waals surface area contributed by atoms with Gasteiger partial charge in [0.25, 0.3) is 0 Å². The van der Waals surface area contributed by atoms with Crippen LogP contribution in [0.25, 0.3) is 20.8 Å². The molecule has 0 amide bonds. The van der Waals surface area contributed by atoms with Crippen LogP contribution in [0.15, 0.2) is 23.7 Å². The third-order valence-corrected chi connectivity index (χ3v) is 4.83. The lowest BCUT2D eigenvalue weighted by atomic mass is 10.2. The Labute approximate surface area is 112 Å². The molecule has 0 saturated carbocycles. The smallest absolute Gasteiger partial charge is 0.171 e. The highest BCUT2D eigenvalue weighted by Gasteiger charge is 2.13. The minimum atomic E-state index is 0.0708. The largest absolute Gasteiger partial charge is 0.294 e. The molecule has 3 aromatic rings. The summed E-state index contributed by atoms with van der Waals surface area (Å²) in [6, 6.07) is 4.08.